The first-order chi connectivity index (χ1) is 9.97. The Morgan fingerprint density at radius 1 is 0.810 bits per heavy atom. The average Bonchev–Trinajstić information content (AvgIpc) is 2.39. The molecule has 0 atom stereocenters. The van der Waals surface area contributed by atoms with E-state index in [4.69, 9.17) is 5.11 Å². The SMILES string of the molecule is CCCCCC(=O)OC(=O)CCCCC.CCOC(=O)O. The summed E-state index contributed by atoms with van der Waals surface area (Å²) in [6, 6.07) is 0. The van der Waals surface area contributed by atoms with Gasteiger partial charge in [-0.25, -0.2) is 4.79 Å². The van der Waals surface area contributed by atoms with Gasteiger partial charge in [-0.15, -0.1) is 0 Å². The van der Waals surface area contributed by atoms with Crippen LogP contribution >= 0.6 is 0 Å². The van der Waals surface area contributed by atoms with Crippen LogP contribution in [0.1, 0.15) is 72.1 Å². The molecule has 124 valence electrons. The monoisotopic (exact) mass is 304 g/mol. The van der Waals surface area contributed by atoms with E-state index in [0.29, 0.717) is 12.8 Å². The molecule has 0 aromatic heterocycles. The van der Waals surface area contributed by atoms with E-state index in [2.05, 4.69) is 23.3 Å². The Hall–Kier alpha value is -1.59. The number of unbranched alkanes of at least 4 members (excludes halogenated alkanes) is 4. The highest BCUT2D eigenvalue weighted by atomic mass is 16.7. The molecule has 0 aliphatic carbocycles. The Morgan fingerprint density at radius 3 is 1.48 bits per heavy atom. The molecule has 0 aliphatic heterocycles. The average molecular weight is 304 g/mol. The molecular formula is C15H28O6. The summed E-state index contributed by atoms with van der Waals surface area (Å²) < 4.78 is 8.62. The minimum Gasteiger partial charge on any atom is -0.450 e. The van der Waals surface area contributed by atoms with E-state index in [-0.39, 0.29) is 18.5 Å². The van der Waals surface area contributed by atoms with E-state index in [1.165, 1.54) is 0 Å². The molecule has 6 nitrogen and oxygen atoms in total. The van der Waals surface area contributed by atoms with Crippen molar-refractivity contribution >= 4 is 18.1 Å². The topological polar surface area (TPSA) is 89.9 Å². The Bertz CT molecular complexity index is 268. The van der Waals surface area contributed by atoms with Crippen molar-refractivity contribution in [1.29, 1.82) is 0 Å². The number of carbonyl (C=O) groups is 3. The van der Waals surface area contributed by atoms with Gasteiger partial charge in [0.25, 0.3) is 0 Å². The summed E-state index contributed by atoms with van der Waals surface area (Å²) in [6.07, 6.45) is 5.32. The number of carbonyl (C=O) groups excluding carboxylic acids is 2. The molecule has 1 N–H and O–H groups in total. The predicted molar refractivity (Wildman–Crippen MR) is 79.0 cm³/mol. The van der Waals surface area contributed by atoms with Gasteiger partial charge in [0.15, 0.2) is 0 Å². The highest BCUT2D eigenvalue weighted by Gasteiger charge is 2.09. The molecule has 0 amide bonds. The molecule has 21 heavy (non-hydrogen) atoms. The zero-order valence-electron chi connectivity index (χ0n) is 13.4. The van der Waals surface area contributed by atoms with E-state index in [1.54, 1.807) is 6.92 Å². The van der Waals surface area contributed by atoms with Crippen LogP contribution < -0.4 is 0 Å². The van der Waals surface area contributed by atoms with E-state index < -0.39 is 6.16 Å². The molecule has 0 rings (SSSR count). The Kier molecular flexibility index (Phi) is 17.0. The van der Waals surface area contributed by atoms with Crippen molar-refractivity contribution in [2.75, 3.05) is 6.61 Å². The molecule has 0 bridgehead atoms. The summed E-state index contributed by atoms with van der Waals surface area (Å²) in [4.78, 5) is 31.6. The van der Waals surface area contributed by atoms with Gasteiger partial charge in [-0.3, -0.25) is 9.59 Å². The maximum atomic E-state index is 11.1. The van der Waals surface area contributed by atoms with Crippen molar-refractivity contribution in [3.8, 4) is 0 Å². The number of ether oxygens (including phenoxy) is 2. The van der Waals surface area contributed by atoms with Crippen LogP contribution in [0.25, 0.3) is 0 Å². The molecule has 0 radical (unpaired) electrons. The molecule has 0 fully saturated rings. The number of carboxylic acid groups (broad SMARTS) is 1. The summed E-state index contributed by atoms with van der Waals surface area (Å²) >= 11 is 0. The van der Waals surface area contributed by atoms with E-state index in [0.717, 1.165) is 38.5 Å². The number of hydrogen-bond donors (Lipinski definition) is 1. The summed E-state index contributed by atoms with van der Waals surface area (Å²) in [5.74, 6) is -0.741. The third-order valence-electron chi connectivity index (χ3n) is 2.46. The first-order valence-corrected chi connectivity index (χ1v) is 7.57. The van der Waals surface area contributed by atoms with Crippen LogP contribution in [0.3, 0.4) is 0 Å². The van der Waals surface area contributed by atoms with Gasteiger partial charge in [-0.1, -0.05) is 39.5 Å². The first kappa shape index (κ1) is 21.7. The van der Waals surface area contributed by atoms with Crippen molar-refractivity contribution in [1.82, 2.24) is 0 Å². The molecule has 0 saturated carbocycles. The molecule has 6 heteroatoms. The van der Waals surface area contributed by atoms with Gasteiger partial charge < -0.3 is 14.6 Å². The summed E-state index contributed by atoms with van der Waals surface area (Å²) in [7, 11) is 0. The fraction of sp³-hybridized carbons (Fsp3) is 0.800. The van der Waals surface area contributed by atoms with Crippen molar-refractivity contribution in [2.45, 2.75) is 72.1 Å². The maximum Gasteiger partial charge on any atom is 0.505 e. The lowest BCUT2D eigenvalue weighted by atomic mass is 10.2. The lowest BCUT2D eigenvalue weighted by molar-refractivity contribution is -0.159. The number of rotatable bonds is 9. The van der Waals surface area contributed by atoms with Crippen LogP contribution in [0, 0.1) is 0 Å². The fourth-order valence-electron chi connectivity index (χ4n) is 1.39. The maximum absolute atomic E-state index is 11.1. The van der Waals surface area contributed by atoms with Gasteiger partial charge in [-0.2, -0.15) is 0 Å². The van der Waals surface area contributed by atoms with Crippen LogP contribution in [0.5, 0.6) is 0 Å². The van der Waals surface area contributed by atoms with E-state index in [9.17, 15) is 14.4 Å². The second-order valence-electron chi connectivity index (χ2n) is 4.46. The molecule has 0 aromatic rings. The molecule has 0 spiro atoms. The smallest absolute Gasteiger partial charge is 0.450 e. The van der Waals surface area contributed by atoms with Gasteiger partial charge >= 0.3 is 18.1 Å². The van der Waals surface area contributed by atoms with Gasteiger partial charge in [0.05, 0.1) is 6.61 Å². The molecule has 0 aromatic carbocycles. The van der Waals surface area contributed by atoms with E-state index >= 15 is 0 Å². The highest BCUT2D eigenvalue weighted by molar-refractivity contribution is 5.85. The molecule has 0 heterocycles. The zero-order chi connectivity index (χ0) is 16.5. The van der Waals surface area contributed by atoms with E-state index in [1.807, 2.05) is 0 Å². The molecule has 0 saturated heterocycles. The largest absolute Gasteiger partial charge is 0.505 e. The van der Waals surface area contributed by atoms with Gasteiger partial charge in [-0.05, 0) is 19.8 Å². The van der Waals surface area contributed by atoms with Gasteiger partial charge in [0.2, 0.25) is 0 Å². The minimum absolute atomic E-state index is 0.231. The lowest BCUT2D eigenvalue weighted by Crippen LogP contribution is -2.11. The second-order valence-corrected chi connectivity index (χ2v) is 4.46. The predicted octanol–water partition coefficient (Wildman–Crippen LogP) is 3.92. The van der Waals surface area contributed by atoms with Gasteiger partial charge in [0, 0.05) is 12.8 Å². The fourth-order valence-corrected chi connectivity index (χ4v) is 1.39. The highest BCUT2D eigenvalue weighted by Crippen LogP contribution is 2.04. The summed E-state index contributed by atoms with van der Waals surface area (Å²) in [5.41, 5.74) is 0. The normalized spacial score (nSPS) is 9.29. The quantitative estimate of drug-likeness (QED) is 0.394. The number of hydrogen-bond acceptors (Lipinski definition) is 5. The zero-order valence-corrected chi connectivity index (χ0v) is 13.4. The van der Waals surface area contributed by atoms with Crippen molar-refractivity contribution in [3.63, 3.8) is 0 Å². The Balaban J connectivity index is 0. The third kappa shape index (κ3) is 20.9. The second kappa shape index (κ2) is 16.5. The van der Waals surface area contributed by atoms with Crippen LogP contribution in [0.15, 0.2) is 0 Å². The van der Waals surface area contributed by atoms with Crippen molar-refractivity contribution in [3.05, 3.63) is 0 Å². The summed E-state index contributed by atoms with van der Waals surface area (Å²) in [6.45, 7) is 5.99. The van der Waals surface area contributed by atoms with Crippen LogP contribution in [0.2, 0.25) is 0 Å². The van der Waals surface area contributed by atoms with Crippen molar-refractivity contribution < 1.29 is 29.0 Å². The summed E-state index contributed by atoms with van der Waals surface area (Å²) in [5, 5.41) is 7.69. The Morgan fingerprint density at radius 2 is 1.24 bits per heavy atom. The Labute approximate surface area is 126 Å². The van der Waals surface area contributed by atoms with Gasteiger partial charge in [0.1, 0.15) is 0 Å². The molecule has 0 unspecified atom stereocenters. The number of esters is 2. The first-order valence-electron chi connectivity index (χ1n) is 7.57. The van der Waals surface area contributed by atoms with Crippen LogP contribution in [-0.2, 0) is 19.1 Å². The van der Waals surface area contributed by atoms with Crippen molar-refractivity contribution in [2.24, 2.45) is 0 Å². The molecule has 0 aliphatic rings. The lowest BCUT2D eigenvalue weighted by Gasteiger charge is -2.02. The third-order valence-corrected chi connectivity index (χ3v) is 2.46. The standard InChI is InChI=1S/C12H22O3.C3H6O3/c1-3-5-7-9-11(13)15-12(14)10-8-6-4-2;1-2-6-3(4)5/h3-10H2,1-2H3;2H2,1H3,(H,4,5). The van der Waals surface area contributed by atoms with Crippen LogP contribution in [0.4, 0.5) is 4.79 Å². The molecular weight excluding hydrogens is 276 g/mol. The minimum atomic E-state index is -1.21. The van der Waals surface area contributed by atoms with Crippen LogP contribution in [-0.4, -0.2) is 29.8 Å².